The van der Waals surface area contributed by atoms with Crippen LogP contribution in [-0.4, -0.2) is 41.7 Å². The first kappa shape index (κ1) is 21.9. The first-order chi connectivity index (χ1) is 15.6. The Morgan fingerprint density at radius 1 is 1.16 bits per heavy atom. The van der Waals surface area contributed by atoms with E-state index in [2.05, 4.69) is 20.2 Å². The van der Waals surface area contributed by atoms with Crippen molar-refractivity contribution in [1.29, 1.82) is 0 Å². The highest BCUT2D eigenvalue weighted by atomic mass is 35.5. The molecule has 1 atom stereocenters. The van der Waals surface area contributed by atoms with E-state index in [0.29, 0.717) is 35.4 Å². The van der Waals surface area contributed by atoms with Gasteiger partial charge in [-0.05, 0) is 56.2 Å². The average molecular weight is 453 g/mol. The zero-order valence-electron chi connectivity index (χ0n) is 17.8. The van der Waals surface area contributed by atoms with Crippen LogP contribution >= 0.6 is 11.6 Å². The molecule has 4 rings (SSSR count). The molecule has 0 saturated carbocycles. The van der Waals surface area contributed by atoms with Crippen LogP contribution in [0.4, 0.5) is 11.6 Å². The normalized spacial score (nSPS) is 15.8. The number of carbonyl (C=O) groups is 1. The zero-order chi connectivity index (χ0) is 22.3. The highest BCUT2D eigenvalue weighted by molar-refractivity contribution is 6.30. The maximum Gasteiger partial charge on any atom is 0.256 e. The molecule has 1 aliphatic rings. The largest absolute Gasteiger partial charge is 0.490 e. The summed E-state index contributed by atoms with van der Waals surface area (Å²) in [6, 6.07) is 14.4. The number of ether oxygens (including phenoxy) is 2. The molecule has 1 aliphatic heterocycles. The number of piperidine rings is 1. The van der Waals surface area contributed by atoms with Crippen LogP contribution in [-0.2, 0) is 0 Å². The van der Waals surface area contributed by atoms with Crippen LogP contribution in [0.5, 0.6) is 11.5 Å². The topological polar surface area (TPSA) is 76.6 Å². The van der Waals surface area contributed by atoms with Gasteiger partial charge in [-0.25, -0.2) is 4.98 Å². The fraction of sp³-hybridized carbons (Fsp3) is 0.292. The van der Waals surface area contributed by atoms with Crippen molar-refractivity contribution in [1.82, 2.24) is 9.97 Å². The molecule has 2 aromatic carbocycles. The summed E-state index contributed by atoms with van der Waals surface area (Å²) >= 11 is 5.89. The number of aromatic nitrogens is 2. The van der Waals surface area contributed by atoms with Crippen LogP contribution < -0.4 is 19.7 Å². The molecule has 1 fully saturated rings. The molecule has 3 aromatic rings. The minimum Gasteiger partial charge on any atom is -0.490 e. The molecular formula is C24H25ClN4O3. The maximum atomic E-state index is 12.5. The average Bonchev–Trinajstić information content (AvgIpc) is 2.81. The van der Waals surface area contributed by atoms with Crippen LogP contribution in [0.3, 0.4) is 0 Å². The SMILES string of the molecule is CCOc1ccccc1O[C@@H]1CCCN(c2cncc(NC(=O)c3ccc(Cl)cc3)n2)C1. The van der Waals surface area contributed by atoms with Crippen molar-refractivity contribution >= 4 is 29.1 Å². The first-order valence-corrected chi connectivity index (χ1v) is 11.0. The highest BCUT2D eigenvalue weighted by Gasteiger charge is 2.24. The molecule has 0 bridgehead atoms. The third-order valence-electron chi connectivity index (χ3n) is 5.11. The predicted molar refractivity (Wildman–Crippen MR) is 125 cm³/mol. The van der Waals surface area contributed by atoms with Gasteiger partial charge in [0.05, 0.1) is 25.5 Å². The van der Waals surface area contributed by atoms with E-state index in [1.807, 2.05) is 31.2 Å². The molecule has 0 unspecified atom stereocenters. The fourth-order valence-electron chi connectivity index (χ4n) is 3.60. The quantitative estimate of drug-likeness (QED) is 0.553. The van der Waals surface area contributed by atoms with Crippen molar-refractivity contribution in [2.24, 2.45) is 0 Å². The molecular weight excluding hydrogens is 428 g/mol. The molecule has 1 amide bonds. The van der Waals surface area contributed by atoms with Gasteiger partial charge in [0.2, 0.25) is 0 Å². The van der Waals surface area contributed by atoms with Gasteiger partial charge >= 0.3 is 0 Å². The molecule has 1 saturated heterocycles. The Morgan fingerprint density at radius 3 is 2.72 bits per heavy atom. The lowest BCUT2D eigenvalue weighted by molar-refractivity contribution is 0.102. The molecule has 1 aromatic heterocycles. The van der Waals surface area contributed by atoms with Gasteiger partial charge < -0.3 is 19.7 Å². The summed E-state index contributed by atoms with van der Waals surface area (Å²) in [6.07, 6.45) is 5.14. The summed E-state index contributed by atoms with van der Waals surface area (Å²) in [5.41, 5.74) is 0.501. The molecule has 0 spiro atoms. The Hall–Kier alpha value is -3.32. The first-order valence-electron chi connectivity index (χ1n) is 10.6. The van der Waals surface area contributed by atoms with Crippen molar-refractivity contribution < 1.29 is 14.3 Å². The number of amides is 1. The zero-order valence-corrected chi connectivity index (χ0v) is 18.6. The number of hydrogen-bond acceptors (Lipinski definition) is 6. The number of rotatable bonds is 7. The summed E-state index contributed by atoms with van der Waals surface area (Å²) in [4.78, 5) is 23.5. The van der Waals surface area contributed by atoms with Crippen molar-refractivity contribution in [3.05, 3.63) is 71.5 Å². The molecule has 166 valence electrons. The van der Waals surface area contributed by atoms with Gasteiger partial charge in [0, 0.05) is 17.1 Å². The Kier molecular flexibility index (Phi) is 7.07. The standard InChI is InChI=1S/C24H25ClN4O3/c1-2-31-20-7-3-4-8-21(20)32-19-6-5-13-29(16-19)23-15-26-14-22(27-23)28-24(30)17-9-11-18(25)12-10-17/h3-4,7-12,14-15,19H,2,5-6,13,16H2,1H3,(H,27,28,30)/t19-/m1/s1. The van der Waals surface area contributed by atoms with E-state index >= 15 is 0 Å². The number of nitrogens with one attached hydrogen (secondary N) is 1. The monoisotopic (exact) mass is 452 g/mol. The van der Waals surface area contributed by atoms with Gasteiger partial charge in [-0.15, -0.1) is 0 Å². The van der Waals surface area contributed by atoms with E-state index in [0.717, 1.165) is 30.9 Å². The minimum atomic E-state index is -0.263. The third-order valence-corrected chi connectivity index (χ3v) is 5.37. The summed E-state index contributed by atoms with van der Waals surface area (Å²) in [6.45, 7) is 4.05. The Labute approximate surface area is 192 Å². The number of benzene rings is 2. The second-order valence-electron chi connectivity index (χ2n) is 7.43. The van der Waals surface area contributed by atoms with Gasteiger partial charge in [-0.3, -0.25) is 9.78 Å². The molecule has 1 N–H and O–H groups in total. The Bertz CT molecular complexity index is 1060. The van der Waals surface area contributed by atoms with Crippen molar-refractivity contribution in [3.8, 4) is 11.5 Å². The maximum absolute atomic E-state index is 12.5. The Morgan fingerprint density at radius 2 is 1.94 bits per heavy atom. The van der Waals surface area contributed by atoms with Crippen molar-refractivity contribution in [2.75, 3.05) is 29.9 Å². The lowest BCUT2D eigenvalue weighted by Crippen LogP contribution is -2.41. The van der Waals surface area contributed by atoms with Crippen molar-refractivity contribution in [3.63, 3.8) is 0 Å². The third kappa shape index (κ3) is 5.48. The second-order valence-corrected chi connectivity index (χ2v) is 7.87. The number of carbonyl (C=O) groups excluding carboxylic acids is 1. The van der Waals surface area contributed by atoms with E-state index in [4.69, 9.17) is 21.1 Å². The lowest BCUT2D eigenvalue weighted by Gasteiger charge is -2.33. The summed E-state index contributed by atoms with van der Waals surface area (Å²) in [5.74, 6) is 2.33. The number of para-hydroxylation sites is 2. The van der Waals surface area contributed by atoms with Crippen LogP contribution in [0.2, 0.25) is 5.02 Å². The van der Waals surface area contributed by atoms with E-state index in [1.165, 1.54) is 6.20 Å². The van der Waals surface area contributed by atoms with E-state index < -0.39 is 0 Å². The van der Waals surface area contributed by atoms with Gasteiger partial charge in [0.15, 0.2) is 17.3 Å². The molecule has 8 heteroatoms. The Balaban J connectivity index is 1.42. The summed E-state index contributed by atoms with van der Waals surface area (Å²) < 4.78 is 11.9. The molecule has 7 nitrogen and oxygen atoms in total. The second kappa shape index (κ2) is 10.3. The predicted octanol–water partition coefficient (Wildman–Crippen LogP) is 4.83. The molecule has 0 aliphatic carbocycles. The van der Waals surface area contributed by atoms with Gasteiger partial charge in [-0.2, -0.15) is 0 Å². The summed E-state index contributed by atoms with van der Waals surface area (Å²) in [7, 11) is 0. The lowest BCUT2D eigenvalue weighted by atomic mass is 10.1. The number of nitrogens with zero attached hydrogens (tertiary/aromatic N) is 3. The molecule has 2 heterocycles. The van der Waals surface area contributed by atoms with Crippen LogP contribution in [0.25, 0.3) is 0 Å². The van der Waals surface area contributed by atoms with Crippen molar-refractivity contribution in [2.45, 2.75) is 25.9 Å². The van der Waals surface area contributed by atoms with Crippen LogP contribution in [0, 0.1) is 0 Å². The van der Waals surface area contributed by atoms with E-state index in [1.54, 1.807) is 30.5 Å². The minimum absolute atomic E-state index is 0.000490. The van der Waals surface area contributed by atoms with Gasteiger partial charge in [0.1, 0.15) is 11.9 Å². The number of anilines is 2. The van der Waals surface area contributed by atoms with E-state index in [-0.39, 0.29) is 12.0 Å². The fourth-order valence-corrected chi connectivity index (χ4v) is 3.73. The van der Waals surface area contributed by atoms with E-state index in [9.17, 15) is 4.79 Å². The summed E-state index contributed by atoms with van der Waals surface area (Å²) in [5, 5.41) is 3.38. The number of hydrogen-bond donors (Lipinski definition) is 1. The van der Waals surface area contributed by atoms with Gasteiger partial charge in [0.25, 0.3) is 5.91 Å². The molecule has 32 heavy (non-hydrogen) atoms. The highest BCUT2D eigenvalue weighted by Crippen LogP contribution is 2.30. The van der Waals surface area contributed by atoms with Crippen LogP contribution in [0.1, 0.15) is 30.1 Å². The van der Waals surface area contributed by atoms with Crippen LogP contribution in [0.15, 0.2) is 60.9 Å². The number of halogens is 1. The molecule has 0 radical (unpaired) electrons. The smallest absolute Gasteiger partial charge is 0.256 e. The van der Waals surface area contributed by atoms with Gasteiger partial charge in [-0.1, -0.05) is 23.7 Å².